The van der Waals surface area contributed by atoms with Crippen LogP contribution < -0.4 is 5.32 Å². The van der Waals surface area contributed by atoms with E-state index in [4.69, 9.17) is 0 Å². The molecule has 2 atom stereocenters. The van der Waals surface area contributed by atoms with Crippen LogP contribution >= 0.6 is 0 Å². The van der Waals surface area contributed by atoms with Crippen LogP contribution in [0, 0.1) is 11.8 Å². The van der Waals surface area contributed by atoms with Crippen LogP contribution in [-0.2, 0) is 0 Å². The molecule has 0 spiro atoms. The summed E-state index contributed by atoms with van der Waals surface area (Å²) in [6.45, 7) is 3.60. The molecule has 1 saturated heterocycles. The van der Waals surface area contributed by atoms with E-state index in [9.17, 15) is 0 Å². The molecule has 1 saturated carbocycles. The van der Waals surface area contributed by atoms with Crippen molar-refractivity contribution >= 4 is 0 Å². The summed E-state index contributed by atoms with van der Waals surface area (Å²) in [4.78, 5) is 0. The first-order valence-electron chi connectivity index (χ1n) is 4.11. The third-order valence-electron chi connectivity index (χ3n) is 2.81. The van der Waals surface area contributed by atoms with Gasteiger partial charge in [-0.2, -0.15) is 0 Å². The molecular formula is C8H15N. The van der Waals surface area contributed by atoms with E-state index in [2.05, 4.69) is 12.2 Å². The molecule has 1 heteroatoms. The fourth-order valence-corrected chi connectivity index (χ4v) is 2.05. The first kappa shape index (κ1) is 5.72. The number of hydrogen-bond donors (Lipinski definition) is 1. The third-order valence-corrected chi connectivity index (χ3v) is 2.81. The van der Waals surface area contributed by atoms with Gasteiger partial charge in [-0.15, -0.1) is 0 Å². The summed E-state index contributed by atoms with van der Waals surface area (Å²) < 4.78 is 0. The molecule has 0 bridgehead atoms. The van der Waals surface area contributed by atoms with Gasteiger partial charge in [-0.05, 0) is 44.6 Å². The largest absolute Gasteiger partial charge is 0.314 e. The Morgan fingerprint density at radius 3 is 2.44 bits per heavy atom. The van der Waals surface area contributed by atoms with Crippen LogP contribution in [0.2, 0.25) is 0 Å². The van der Waals surface area contributed by atoms with Gasteiger partial charge in [-0.1, -0.05) is 0 Å². The van der Waals surface area contributed by atoms with Crippen molar-refractivity contribution in [1.29, 1.82) is 0 Å². The van der Waals surface area contributed by atoms with Crippen LogP contribution in [0.15, 0.2) is 0 Å². The summed E-state index contributed by atoms with van der Waals surface area (Å²) >= 11 is 0. The Hall–Kier alpha value is -0.0400. The molecule has 2 fully saturated rings. The monoisotopic (exact) mass is 125 g/mol. The lowest BCUT2D eigenvalue weighted by atomic mass is 9.97. The summed E-state index contributed by atoms with van der Waals surface area (Å²) in [5.74, 6) is 2.14. The molecular weight excluding hydrogens is 110 g/mol. The number of hydrogen-bond acceptors (Lipinski definition) is 1. The molecule has 0 aromatic carbocycles. The molecule has 1 heterocycles. The highest BCUT2D eigenvalue weighted by molar-refractivity contribution is 4.91. The summed E-state index contributed by atoms with van der Waals surface area (Å²) in [7, 11) is 0. The lowest BCUT2D eigenvalue weighted by Crippen LogP contribution is -2.23. The van der Waals surface area contributed by atoms with Gasteiger partial charge in [0.2, 0.25) is 0 Å². The Bertz CT molecular complexity index is 107. The molecule has 0 radical (unpaired) electrons. The average Bonchev–Trinajstić information content (AvgIpc) is 2.58. The van der Waals surface area contributed by atoms with Gasteiger partial charge in [0.05, 0.1) is 0 Å². The van der Waals surface area contributed by atoms with E-state index < -0.39 is 0 Å². The molecule has 1 nitrogen and oxygen atoms in total. The molecule has 0 unspecified atom stereocenters. The van der Waals surface area contributed by atoms with Crippen molar-refractivity contribution in [3.8, 4) is 0 Å². The predicted molar refractivity (Wildman–Crippen MR) is 38.3 cm³/mol. The van der Waals surface area contributed by atoms with Crippen LogP contribution in [0.5, 0.6) is 0 Å². The smallest absolute Gasteiger partial charge is 0.00701 e. The first-order chi connectivity index (χ1) is 4.38. The molecule has 0 aromatic rings. The van der Waals surface area contributed by atoms with Gasteiger partial charge in [0.25, 0.3) is 0 Å². The Labute approximate surface area is 56.8 Å². The SMILES string of the molecule is C[C@H]1NCC[C@@H]1C1CC1. The molecule has 52 valence electrons. The Balaban J connectivity index is 1.93. The zero-order chi connectivity index (χ0) is 6.27. The Morgan fingerprint density at radius 2 is 2.00 bits per heavy atom. The first-order valence-corrected chi connectivity index (χ1v) is 4.11. The van der Waals surface area contributed by atoms with Gasteiger partial charge in [-0.3, -0.25) is 0 Å². The van der Waals surface area contributed by atoms with Gasteiger partial charge < -0.3 is 5.32 Å². The standard InChI is InChI=1S/C8H15N/c1-6-8(4-5-9-6)7-2-3-7/h6-9H,2-5H2,1H3/t6-,8+/m1/s1. The minimum absolute atomic E-state index is 0.817. The zero-order valence-electron chi connectivity index (χ0n) is 6.06. The van der Waals surface area contributed by atoms with E-state index in [1.54, 1.807) is 0 Å². The van der Waals surface area contributed by atoms with Crippen LogP contribution in [0.25, 0.3) is 0 Å². The second-order valence-electron chi connectivity index (χ2n) is 3.53. The molecule has 1 N–H and O–H groups in total. The van der Waals surface area contributed by atoms with Crippen molar-refractivity contribution in [2.24, 2.45) is 11.8 Å². The molecule has 1 aliphatic carbocycles. The molecule has 2 aliphatic rings. The minimum atomic E-state index is 0.817. The van der Waals surface area contributed by atoms with E-state index in [1.807, 2.05) is 0 Å². The van der Waals surface area contributed by atoms with Crippen LogP contribution in [0.1, 0.15) is 26.2 Å². The van der Waals surface area contributed by atoms with E-state index in [0.717, 1.165) is 17.9 Å². The highest BCUT2D eigenvalue weighted by Crippen LogP contribution is 2.41. The van der Waals surface area contributed by atoms with Crippen molar-refractivity contribution in [3.63, 3.8) is 0 Å². The van der Waals surface area contributed by atoms with Crippen molar-refractivity contribution in [3.05, 3.63) is 0 Å². The second kappa shape index (κ2) is 1.98. The molecule has 0 amide bonds. The fourth-order valence-electron chi connectivity index (χ4n) is 2.05. The molecule has 2 rings (SSSR count). The van der Waals surface area contributed by atoms with Gasteiger partial charge in [0.1, 0.15) is 0 Å². The molecule has 0 aromatic heterocycles. The summed E-state index contributed by atoms with van der Waals surface area (Å²) in [6, 6.07) is 0.817. The molecule has 9 heavy (non-hydrogen) atoms. The lowest BCUT2D eigenvalue weighted by molar-refractivity contribution is 0.423. The zero-order valence-corrected chi connectivity index (χ0v) is 6.06. The van der Waals surface area contributed by atoms with Crippen LogP contribution in [0.4, 0.5) is 0 Å². The maximum atomic E-state index is 3.49. The van der Waals surface area contributed by atoms with Crippen molar-refractivity contribution in [1.82, 2.24) is 5.32 Å². The van der Waals surface area contributed by atoms with Crippen molar-refractivity contribution < 1.29 is 0 Å². The van der Waals surface area contributed by atoms with Crippen molar-refractivity contribution in [2.75, 3.05) is 6.54 Å². The van der Waals surface area contributed by atoms with E-state index >= 15 is 0 Å². The number of nitrogens with one attached hydrogen (secondary N) is 1. The maximum Gasteiger partial charge on any atom is 0.00701 e. The maximum absolute atomic E-state index is 3.49. The third kappa shape index (κ3) is 0.983. The lowest BCUT2D eigenvalue weighted by Gasteiger charge is -2.12. The van der Waals surface area contributed by atoms with Gasteiger partial charge >= 0.3 is 0 Å². The minimum Gasteiger partial charge on any atom is -0.314 e. The predicted octanol–water partition coefficient (Wildman–Crippen LogP) is 1.39. The van der Waals surface area contributed by atoms with Crippen molar-refractivity contribution in [2.45, 2.75) is 32.2 Å². The van der Waals surface area contributed by atoms with Crippen LogP contribution in [-0.4, -0.2) is 12.6 Å². The average molecular weight is 125 g/mol. The van der Waals surface area contributed by atoms with Gasteiger partial charge in [0.15, 0.2) is 0 Å². The summed E-state index contributed by atoms with van der Waals surface area (Å²) in [5, 5.41) is 3.49. The molecule has 1 aliphatic heterocycles. The summed E-state index contributed by atoms with van der Waals surface area (Å²) in [6.07, 6.45) is 4.46. The topological polar surface area (TPSA) is 12.0 Å². The fraction of sp³-hybridized carbons (Fsp3) is 1.00. The highest BCUT2D eigenvalue weighted by atomic mass is 14.9. The Morgan fingerprint density at radius 1 is 1.22 bits per heavy atom. The van der Waals surface area contributed by atoms with Crippen LogP contribution in [0.3, 0.4) is 0 Å². The van der Waals surface area contributed by atoms with E-state index in [0.29, 0.717) is 0 Å². The second-order valence-corrected chi connectivity index (χ2v) is 3.53. The van der Waals surface area contributed by atoms with Gasteiger partial charge in [0, 0.05) is 6.04 Å². The quantitative estimate of drug-likeness (QED) is 0.558. The van der Waals surface area contributed by atoms with E-state index in [-0.39, 0.29) is 0 Å². The number of rotatable bonds is 1. The summed E-state index contributed by atoms with van der Waals surface area (Å²) in [5.41, 5.74) is 0. The highest BCUT2D eigenvalue weighted by Gasteiger charge is 2.36. The normalized spacial score (nSPS) is 43.7. The van der Waals surface area contributed by atoms with Gasteiger partial charge in [-0.25, -0.2) is 0 Å². The van der Waals surface area contributed by atoms with E-state index in [1.165, 1.54) is 25.8 Å². The Kier molecular flexibility index (Phi) is 1.26.